The van der Waals surface area contributed by atoms with Gasteiger partial charge in [-0.3, -0.25) is 4.79 Å². The zero-order valence-electron chi connectivity index (χ0n) is 44.6. The van der Waals surface area contributed by atoms with E-state index in [4.69, 9.17) is 28.4 Å². The van der Waals surface area contributed by atoms with Gasteiger partial charge >= 0.3 is 0 Å². The first kappa shape index (κ1) is 66.1. The van der Waals surface area contributed by atoms with Crippen LogP contribution in [0.3, 0.4) is 0 Å². The third-order valence-electron chi connectivity index (χ3n) is 15.0. The molecule has 0 saturated carbocycles. The second-order valence-electron chi connectivity index (χ2n) is 21.1. The predicted octanol–water partition coefficient (Wildman–Crippen LogP) is 4.04. The average Bonchev–Trinajstić information content (AvgIpc) is 3.39. The van der Waals surface area contributed by atoms with Crippen LogP contribution in [0.4, 0.5) is 0 Å². The first-order chi connectivity index (χ1) is 35.3. The molecule has 3 fully saturated rings. The molecule has 0 bridgehead atoms. The van der Waals surface area contributed by atoms with Gasteiger partial charge in [-0.05, 0) is 6.42 Å². The van der Waals surface area contributed by atoms with E-state index in [0.717, 1.165) is 25.7 Å². The first-order valence-corrected chi connectivity index (χ1v) is 28.8. The van der Waals surface area contributed by atoms with Crippen LogP contribution in [0.1, 0.15) is 206 Å². The number of aliphatic hydroxyl groups is 11. The molecule has 0 aromatic carbocycles. The fraction of sp³-hybridized carbons (Fsp3) is 0.981. The molecule has 1 amide bonds. The van der Waals surface area contributed by atoms with E-state index in [1.54, 1.807) is 6.92 Å². The van der Waals surface area contributed by atoms with E-state index in [1.165, 1.54) is 154 Å². The summed E-state index contributed by atoms with van der Waals surface area (Å²) in [6.45, 7) is 1.24. The molecule has 3 saturated heterocycles. The normalized spacial score (nSPS) is 31.7. The monoisotopic (exact) mass is 1050 g/mol. The van der Waals surface area contributed by atoms with Crippen LogP contribution in [-0.4, -0.2) is 193 Å². The molecule has 0 aromatic heterocycles. The molecule has 3 heterocycles. The van der Waals surface area contributed by atoms with E-state index in [2.05, 4.69) is 12.2 Å². The fourth-order valence-corrected chi connectivity index (χ4v) is 10.2. The zero-order valence-corrected chi connectivity index (χ0v) is 44.6. The van der Waals surface area contributed by atoms with Crippen LogP contribution in [0.5, 0.6) is 0 Å². The predicted molar refractivity (Wildman–Crippen MR) is 273 cm³/mol. The Balaban J connectivity index is 1.27. The Labute approximate surface area is 436 Å². The number of hydrogen-bond donors (Lipinski definition) is 12. The SMILES string of the molecule is CCCCCCCCCCCCCCCCCCCCCCCCCCCCCCC(O)C(COC1OC(CO)C(OC2OC(CO)C(OC3OC(CO)C(O)C(O)C3O)C(O)C2O)C(O)C1O)NC(=O)CC. The Hall–Kier alpha value is -1.21. The minimum atomic E-state index is -1.97. The maximum atomic E-state index is 12.4. The van der Waals surface area contributed by atoms with Crippen molar-refractivity contribution in [1.29, 1.82) is 0 Å². The number of nitrogens with one attached hydrogen (secondary N) is 1. The van der Waals surface area contributed by atoms with Crippen LogP contribution in [-0.2, 0) is 33.2 Å². The Morgan fingerprint density at radius 3 is 1.14 bits per heavy atom. The minimum Gasteiger partial charge on any atom is -0.394 e. The summed E-state index contributed by atoms with van der Waals surface area (Å²) in [5, 5.41) is 119. The Kier molecular flexibility index (Phi) is 35.5. The quantitative estimate of drug-likeness (QED) is 0.0384. The molecule has 0 aliphatic carbocycles. The summed E-state index contributed by atoms with van der Waals surface area (Å²) in [6, 6.07) is -0.878. The number of unbranched alkanes of at least 4 members (excludes halogenated alkanes) is 27. The smallest absolute Gasteiger partial charge is 0.220 e. The molecule has 12 N–H and O–H groups in total. The topological polar surface area (TPSA) is 307 Å². The van der Waals surface area contributed by atoms with E-state index in [1.807, 2.05) is 0 Å². The van der Waals surface area contributed by atoms with Gasteiger partial charge in [-0.1, -0.05) is 194 Å². The van der Waals surface area contributed by atoms with Gasteiger partial charge < -0.3 is 89.9 Å². The van der Waals surface area contributed by atoms with Crippen LogP contribution >= 0.6 is 0 Å². The average molecular weight is 1050 g/mol. The summed E-state index contributed by atoms with van der Waals surface area (Å²) in [5.74, 6) is -0.329. The summed E-state index contributed by atoms with van der Waals surface area (Å²) < 4.78 is 33.9. The molecular formula is C54H103NO18. The van der Waals surface area contributed by atoms with E-state index < -0.39 is 124 Å². The zero-order chi connectivity index (χ0) is 53.4. The van der Waals surface area contributed by atoms with E-state index >= 15 is 0 Å². The van der Waals surface area contributed by atoms with E-state index in [9.17, 15) is 61.0 Å². The summed E-state index contributed by atoms with van der Waals surface area (Å²) in [6.07, 6.45) is 10.8. The number of aliphatic hydroxyl groups excluding tert-OH is 11. The summed E-state index contributed by atoms with van der Waals surface area (Å²) in [5.41, 5.74) is 0. The second-order valence-corrected chi connectivity index (χ2v) is 21.1. The summed E-state index contributed by atoms with van der Waals surface area (Å²) in [7, 11) is 0. The number of carbonyl (C=O) groups is 1. The lowest BCUT2D eigenvalue weighted by molar-refractivity contribution is -0.379. The molecule has 0 aromatic rings. The van der Waals surface area contributed by atoms with Crippen LogP contribution in [0.15, 0.2) is 0 Å². The van der Waals surface area contributed by atoms with Crippen molar-refractivity contribution < 1.29 is 89.4 Å². The van der Waals surface area contributed by atoms with Crippen LogP contribution in [0.25, 0.3) is 0 Å². The maximum Gasteiger partial charge on any atom is 0.220 e. The van der Waals surface area contributed by atoms with Crippen molar-refractivity contribution in [2.75, 3.05) is 26.4 Å². The van der Waals surface area contributed by atoms with Crippen molar-refractivity contribution in [3.63, 3.8) is 0 Å². The highest BCUT2D eigenvalue weighted by Crippen LogP contribution is 2.33. The standard InChI is InChI=1S/C54H103NO18/c1-3-5-6-7-8-9-10-11-12-13-14-15-16-17-18-19-20-21-22-23-24-25-26-27-28-29-30-31-32-38(59)37(55-42(60)4-2)36-68-52-48(66)45(63)50(40(34-57)70-52)73-54-49(67)46(64)51(41(35-58)71-54)72-53-47(65)44(62)43(61)39(33-56)69-53/h37-41,43-54,56-59,61-67H,3-36H2,1-2H3,(H,55,60). The Bertz CT molecular complexity index is 1350. The Morgan fingerprint density at radius 1 is 0.438 bits per heavy atom. The van der Waals surface area contributed by atoms with Gasteiger partial charge in [0.2, 0.25) is 5.91 Å². The third-order valence-corrected chi connectivity index (χ3v) is 15.0. The largest absolute Gasteiger partial charge is 0.394 e. The third kappa shape index (κ3) is 24.1. The molecule has 432 valence electrons. The van der Waals surface area contributed by atoms with Crippen molar-refractivity contribution in [2.45, 2.75) is 311 Å². The summed E-state index contributed by atoms with van der Waals surface area (Å²) in [4.78, 5) is 12.4. The van der Waals surface area contributed by atoms with Gasteiger partial charge in [-0.15, -0.1) is 0 Å². The fourth-order valence-electron chi connectivity index (χ4n) is 10.2. The highest BCUT2D eigenvalue weighted by atomic mass is 16.8. The minimum absolute atomic E-state index is 0.150. The lowest BCUT2D eigenvalue weighted by Crippen LogP contribution is -2.66. The van der Waals surface area contributed by atoms with Crippen molar-refractivity contribution in [3.05, 3.63) is 0 Å². The van der Waals surface area contributed by atoms with E-state index in [-0.39, 0.29) is 18.9 Å². The number of amides is 1. The van der Waals surface area contributed by atoms with Gasteiger partial charge in [0.1, 0.15) is 73.2 Å². The first-order valence-electron chi connectivity index (χ1n) is 28.8. The maximum absolute atomic E-state index is 12.4. The van der Waals surface area contributed by atoms with Gasteiger partial charge in [0, 0.05) is 6.42 Å². The second kappa shape index (κ2) is 39.2. The Morgan fingerprint density at radius 2 is 0.767 bits per heavy atom. The van der Waals surface area contributed by atoms with Crippen molar-refractivity contribution in [3.8, 4) is 0 Å². The summed E-state index contributed by atoms with van der Waals surface area (Å²) >= 11 is 0. The highest BCUT2D eigenvalue weighted by Gasteiger charge is 2.53. The molecule has 73 heavy (non-hydrogen) atoms. The molecular weight excluding hydrogens is 951 g/mol. The van der Waals surface area contributed by atoms with Crippen molar-refractivity contribution in [1.82, 2.24) is 5.32 Å². The van der Waals surface area contributed by atoms with Gasteiger partial charge in [0.05, 0.1) is 38.6 Å². The number of hydrogen-bond acceptors (Lipinski definition) is 18. The highest BCUT2D eigenvalue weighted by molar-refractivity contribution is 5.75. The molecule has 3 aliphatic rings. The number of carbonyl (C=O) groups excluding carboxylic acids is 1. The molecule has 0 radical (unpaired) electrons. The lowest BCUT2D eigenvalue weighted by Gasteiger charge is -2.48. The van der Waals surface area contributed by atoms with Crippen LogP contribution in [0.2, 0.25) is 0 Å². The van der Waals surface area contributed by atoms with Gasteiger partial charge in [0.15, 0.2) is 18.9 Å². The molecule has 19 nitrogen and oxygen atoms in total. The van der Waals surface area contributed by atoms with Gasteiger partial charge in [-0.2, -0.15) is 0 Å². The van der Waals surface area contributed by atoms with Gasteiger partial charge in [0.25, 0.3) is 0 Å². The van der Waals surface area contributed by atoms with E-state index in [0.29, 0.717) is 6.42 Å². The molecule has 0 spiro atoms. The molecule has 17 unspecified atom stereocenters. The lowest BCUT2D eigenvalue weighted by atomic mass is 9.96. The molecule has 3 rings (SSSR count). The van der Waals surface area contributed by atoms with Crippen LogP contribution < -0.4 is 5.32 Å². The number of rotatable bonds is 42. The molecule has 19 heteroatoms. The molecule has 17 atom stereocenters. The molecule has 3 aliphatic heterocycles. The van der Waals surface area contributed by atoms with Crippen molar-refractivity contribution >= 4 is 5.91 Å². The van der Waals surface area contributed by atoms with Crippen molar-refractivity contribution in [2.24, 2.45) is 0 Å². The number of ether oxygens (including phenoxy) is 6. The van der Waals surface area contributed by atoms with Crippen LogP contribution in [0, 0.1) is 0 Å². The van der Waals surface area contributed by atoms with Gasteiger partial charge in [-0.25, -0.2) is 0 Å².